The largest absolute Gasteiger partial charge is 0.480 e. The number of aliphatic carboxylic acids is 1. The molecule has 6 nitrogen and oxygen atoms in total. The maximum Gasteiger partial charge on any atom is 0.318 e. The standard InChI is InChI=1S/C31H46O2.C5H12O4/c1-27(2,3)20-14-16-22(24(18-20)29(7,8)9)31(13,26(32)33)23-17-15-21(28(4,5)6)19-25(23)30(10,11)12;6-1-5(2-7,3-8)4-9/h14-19H,1-13H3,(H,32,33);6-9H,1-4H2. The van der Waals surface area contributed by atoms with Gasteiger partial charge in [-0.15, -0.1) is 0 Å². The second-order valence-electron chi connectivity index (χ2n) is 16.1. The zero-order valence-electron chi connectivity index (χ0n) is 28.4. The van der Waals surface area contributed by atoms with Crippen molar-refractivity contribution in [2.45, 2.75) is 117 Å². The second-order valence-corrected chi connectivity index (χ2v) is 16.1. The summed E-state index contributed by atoms with van der Waals surface area (Å²) >= 11 is 0. The van der Waals surface area contributed by atoms with E-state index in [-0.39, 0.29) is 21.7 Å². The summed E-state index contributed by atoms with van der Waals surface area (Å²) in [6.07, 6.45) is 0. The lowest BCUT2D eigenvalue weighted by atomic mass is 9.65. The van der Waals surface area contributed by atoms with Gasteiger partial charge in [-0.2, -0.15) is 0 Å². The summed E-state index contributed by atoms with van der Waals surface area (Å²) < 4.78 is 0. The average Bonchev–Trinajstić information content (AvgIpc) is 2.87. The van der Waals surface area contributed by atoms with Crippen molar-refractivity contribution in [1.29, 1.82) is 0 Å². The molecule has 42 heavy (non-hydrogen) atoms. The molecule has 2 aromatic rings. The summed E-state index contributed by atoms with van der Waals surface area (Å²) in [5.41, 5.74) is 3.71. The molecule has 0 aliphatic carbocycles. The number of carboxylic acid groups (broad SMARTS) is 1. The molecule has 5 N–H and O–H groups in total. The second kappa shape index (κ2) is 13.2. The Morgan fingerprint density at radius 1 is 0.500 bits per heavy atom. The van der Waals surface area contributed by atoms with Crippen LogP contribution >= 0.6 is 0 Å². The van der Waals surface area contributed by atoms with Crippen LogP contribution in [0.25, 0.3) is 0 Å². The monoisotopic (exact) mass is 586 g/mol. The molecule has 0 saturated heterocycles. The van der Waals surface area contributed by atoms with E-state index in [0.717, 1.165) is 22.3 Å². The van der Waals surface area contributed by atoms with Crippen LogP contribution in [-0.4, -0.2) is 57.9 Å². The minimum absolute atomic E-state index is 0.0108. The molecule has 0 bridgehead atoms. The number of carbonyl (C=O) groups is 1. The molecule has 0 unspecified atom stereocenters. The van der Waals surface area contributed by atoms with Gasteiger partial charge in [-0.1, -0.05) is 119 Å². The van der Waals surface area contributed by atoms with E-state index in [9.17, 15) is 9.90 Å². The van der Waals surface area contributed by atoms with E-state index in [1.165, 1.54) is 11.1 Å². The lowest BCUT2D eigenvalue weighted by Crippen LogP contribution is -2.39. The van der Waals surface area contributed by atoms with E-state index in [2.05, 4.69) is 119 Å². The molecule has 2 aromatic carbocycles. The average molecular weight is 587 g/mol. The predicted molar refractivity (Wildman–Crippen MR) is 173 cm³/mol. The summed E-state index contributed by atoms with van der Waals surface area (Å²) in [4.78, 5) is 13.1. The van der Waals surface area contributed by atoms with Gasteiger partial charge < -0.3 is 25.5 Å². The normalized spacial score (nSPS) is 13.5. The fourth-order valence-electron chi connectivity index (χ4n) is 4.81. The van der Waals surface area contributed by atoms with Crippen LogP contribution in [0.3, 0.4) is 0 Å². The Morgan fingerprint density at radius 2 is 0.786 bits per heavy atom. The van der Waals surface area contributed by atoms with Gasteiger partial charge >= 0.3 is 5.97 Å². The van der Waals surface area contributed by atoms with Gasteiger partial charge in [0.2, 0.25) is 0 Å². The third-order valence-electron chi connectivity index (χ3n) is 8.23. The Hall–Kier alpha value is -2.25. The molecule has 0 saturated carbocycles. The van der Waals surface area contributed by atoms with Crippen molar-refractivity contribution in [3.8, 4) is 0 Å². The van der Waals surface area contributed by atoms with Crippen molar-refractivity contribution < 1.29 is 30.3 Å². The molecular weight excluding hydrogens is 528 g/mol. The fourth-order valence-corrected chi connectivity index (χ4v) is 4.81. The van der Waals surface area contributed by atoms with E-state index >= 15 is 0 Å². The van der Waals surface area contributed by atoms with E-state index in [1.54, 1.807) is 0 Å². The third-order valence-corrected chi connectivity index (χ3v) is 8.23. The SMILES string of the molecule is CC(C)(C)c1ccc(C(C)(C(=O)O)c2ccc(C(C)(C)C)cc2C(C)(C)C)c(C(C)(C)C)c1.OCC(CO)(CO)CO. The van der Waals surface area contributed by atoms with Gasteiger partial charge in [-0.3, -0.25) is 4.79 Å². The molecule has 0 aromatic heterocycles. The van der Waals surface area contributed by atoms with Gasteiger partial charge in [0, 0.05) is 0 Å². The molecule has 2 rings (SSSR count). The highest BCUT2D eigenvalue weighted by molar-refractivity contribution is 5.87. The van der Waals surface area contributed by atoms with Gasteiger partial charge in [0.25, 0.3) is 0 Å². The van der Waals surface area contributed by atoms with Crippen LogP contribution in [0.5, 0.6) is 0 Å². The zero-order valence-corrected chi connectivity index (χ0v) is 28.4. The molecule has 0 heterocycles. The van der Waals surface area contributed by atoms with Crippen LogP contribution in [0.2, 0.25) is 0 Å². The molecule has 0 aliphatic heterocycles. The smallest absolute Gasteiger partial charge is 0.318 e. The van der Waals surface area contributed by atoms with Gasteiger partial charge in [0.05, 0.1) is 31.8 Å². The quantitative estimate of drug-likeness (QED) is 0.263. The summed E-state index contributed by atoms with van der Waals surface area (Å²) in [5.74, 6) is -0.814. The molecule has 238 valence electrons. The van der Waals surface area contributed by atoms with E-state index in [0.29, 0.717) is 0 Å². The summed E-state index contributed by atoms with van der Waals surface area (Å²) in [5, 5.41) is 44.8. The Kier molecular flexibility index (Phi) is 11.8. The van der Waals surface area contributed by atoms with Crippen LogP contribution in [-0.2, 0) is 31.9 Å². The van der Waals surface area contributed by atoms with Crippen molar-refractivity contribution in [3.63, 3.8) is 0 Å². The van der Waals surface area contributed by atoms with Crippen molar-refractivity contribution >= 4 is 5.97 Å². The zero-order chi connectivity index (χ0) is 33.1. The maximum absolute atomic E-state index is 13.1. The summed E-state index contributed by atoms with van der Waals surface area (Å²) in [7, 11) is 0. The summed E-state index contributed by atoms with van der Waals surface area (Å²) in [6.45, 7) is 26.5. The number of hydrogen-bond donors (Lipinski definition) is 5. The summed E-state index contributed by atoms with van der Waals surface area (Å²) in [6, 6.07) is 12.8. The molecule has 0 fully saturated rings. The molecular formula is C36H58O6. The molecule has 0 aliphatic rings. The molecule has 0 amide bonds. The number of rotatable bonds is 7. The van der Waals surface area contributed by atoms with Crippen LogP contribution in [0.4, 0.5) is 0 Å². The third kappa shape index (κ3) is 8.43. The molecule has 0 atom stereocenters. The van der Waals surface area contributed by atoms with E-state index in [1.807, 2.05) is 6.92 Å². The minimum atomic E-state index is -1.17. The number of carboxylic acids is 1. The number of benzene rings is 2. The van der Waals surface area contributed by atoms with Crippen molar-refractivity contribution in [1.82, 2.24) is 0 Å². The van der Waals surface area contributed by atoms with E-state index in [4.69, 9.17) is 20.4 Å². The Labute approximate surface area is 254 Å². The van der Waals surface area contributed by atoms with Gasteiger partial charge in [0.15, 0.2) is 0 Å². The first-order valence-corrected chi connectivity index (χ1v) is 14.8. The van der Waals surface area contributed by atoms with Crippen molar-refractivity contribution in [3.05, 3.63) is 69.8 Å². The topological polar surface area (TPSA) is 118 Å². The first-order chi connectivity index (χ1) is 18.9. The van der Waals surface area contributed by atoms with Gasteiger partial charge in [-0.05, 0) is 62.0 Å². The van der Waals surface area contributed by atoms with Gasteiger partial charge in [0.1, 0.15) is 5.41 Å². The van der Waals surface area contributed by atoms with Crippen LogP contribution in [0.1, 0.15) is 123 Å². The molecule has 0 radical (unpaired) electrons. The van der Waals surface area contributed by atoms with E-state index < -0.39 is 43.2 Å². The van der Waals surface area contributed by atoms with Crippen LogP contribution in [0, 0.1) is 5.41 Å². The number of hydrogen-bond acceptors (Lipinski definition) is 5. The van der Waals surface area contributed by atoms with Crippen molar-refractivity contribution in [2.24, 2.45) is 5.41 Å². The Morgan fingerprint density at radius 3 is 0.952 bits per heavy atom. The number of aliphatic hydroxyl groups is 4. The molecule has 6 heteroatoms. The van der Waals surface area contributed by atoms with Crippen LogP contribution < -0.4 is 0 Å². The lowest BCUT2D eigenvalue weighted by Gasteiger charge is -2.38. The predicted octanol–water partition coefficient (Wildman–Crippen LogP) is 6.21. The van der Waals surface area contributed by atoms with Gasteiger partial charge in [-0.25, -0.2) is 0 Å². The number of aliphatic hydroxyl groups excluding tert-OH is 4. The first-order valence-electron chi connectivity index (χ1n) is 14.8. The minimum Gasteiger partial charge on any atom is -0.480 e. The Balaban J connectivity index is 0.000000844. The van der Waals surface area contributed by atoms with Crippen molar-refractivity contribution in [2.75, 3.05) is 26.4 Å². The molecule has 0 spiro atoms. The first kappa shape index (κ1) is 37.8. The highest BCUT2D eigenvalue weighted by Crippen LogP contribution is 2.45. The highest BCUT2D eigenvalue weighted by atomic mass is 16.4. The highest BCUT2D eigenvalue weighted by Gasteiger charge is 2.44. The maximum atomic E-state index is 13.1. The fraction of sp³-hybridized carbons (Fsp3) is 0.639. The Bertz CT molecular complexity index is 1100. The lowest BCUT2D eigenvalue weighted by molar-refractivity contribution is -0.141. The van der Waals surface area contributed by atoms with Crippen LogP contribution in [0.15, 0.2) is 36.4 Å².